The van der Waals surface area contributed by atoms with Gasteiger partial charge in [-0.25, -0.2) is 4.79 Å². The van der Waals surface area contributed by atoms with Gasteiger partial charge >= 0.3 is 5.97 Å². The number of nitrogens with two attached hydrogens (primary N) is 1. The van der Waals surface area contributed by atoms with E-state index in [9.17, 15) is 4.79 Å². The summed E-state index contributed by atoms with van der Waals surface area (Å²) in [6.45, 7) is 2.53. The molecule has 5 heteroatoms. The molecule has 0 aliphatic heterocycles. The van der Waals surface area contributed by atoms with E-state index in [1.54, 1.807) is 19.2 Å². The Morgan fingerprint density at radius 3 is 2.76 bits per heavy atom. The van der Waals surface area contributed by atoms with Crippen molar-refractivity contribution in [3.8, 4) is 0 Å². The lowest BCUT2D eigenvalue weighted by molar-refractivity contribution is 0.0697. The highest BCUT2D eigenvalue weighted by molar-refractivity contribution is 5.90. The summed E-state index contributed by atoms with van der Waals surface area (Å²) < 4.78 is 5.06. The number of carbonyl (C=O) groups is 1. The van der Waals surface area contributed by atoms with Crippen molar-refractivity contribution in [2.24, 2.45) is 0 Å². The predicted molar refractivity (Wildman–Crippen MR) is 67.6 cm³/mol. The van der Waals surface area contributed by atoms with Gasteiger partial charge in [-0.2, -0.15) is 0 Å². The molecule has 0 heterocycles. The fourth-order valence-corrected chi connectivity index (χ4v) is 1.57. The molecule has 1 rings (SSSR count). The van der Waals surface area contributed by atoms with E-state index in [0.29, 0.717) is 18.0 Å². The quantitative estimate of drug-likeness (QED) is 0.759. The molecule has 0 aliphatic carbocycles. The van der Waals surface area contributed by atoms with Crippen molar-refractivity contribution >= 4 is 17.3 Å². The molecule has 0 spiro atoms. The van der Waals surface area contributed by atoms with Gasteiger partial charge in [-0.05, 0) is 25.1 Å². The van der Waals surface area contributed by atoms with E-state index in [4.69, 9.17) is 15.6 Å². The van der Waals surface area contributed by atoms with Crippen LogP contribution in [-0.2, 0) is 4.74 Å². The molecule has 1 atom stereocenters. The van der Waals surface area contributed by atoms with E-state index in [0.717, 1.165) is 0 Å². The third kappa shape index (κ3) is 3.10. The summed E-state index contributed by atoms with van der Waals surface area (Å²) in [5.41, 5.74) is 7.34. The molecule has 0 bridgehead atoms. The Hall–Kier alpha value is -1.75. The minimum absolute atomic E-state index is 0.117. The first-order valence-electron chi connectivity index (χ1n) is 5.32. The van der Waals surface area contributed by atoms with Crippen LogP contribution in [0, 0.1) is 0 Å². The molecule has 1 unspecified atom stereocenters. The van der Waals surface area contributed by atoms with Crippen molar-refractivity contribution in [3.63, 3.8) is 0 Å². The van der Waals surface area contributed by atoms with Crippen molar-refractivity contribution in [2.75, 3.05) is 31.4 Å². The fraction of sp³-hybridized carbons (Fsp3) is 0.417. The van der Waals surface area contributed by atoms with Crippen LogP contribution in [0.3, 0.4) is 0 Å². The third-order valence-corrected chi connectivity index (χ3v) is 2.73. The summed E-state index contributed by atoms with van der Waals surface area (Å²) in [6.07, 6.45) is 0. The number of likely N-dealkylation sites (N-methyl/N-ethyl adjacent to an activating group) is 1. The number of methoxy groups -OCH3 is 1. The van der Waals surface area contributed by atoms with Gasteiger partial charge < -0.3 is 20.5 Å². The van der Waals surface area contributed by atoms with Crippen LogP contribution in [0.2, 0.25) is 0 Å². The van der Waals surface area contributed by atoms with Crippen LogP contribution in [0.15, 0.2) is 18.2 Å². The number of carboxylic acids is 1. The number of nitrogen functional groups attached to an aromatic ring is 1. The second kappa shape index (κ2) is 5.54. The molecule has 3 N–H and O–H groups in total. The Labute approximate surface area is 101 Å². The van der Waals surface area contributed by atoms with Gasteiger partial charge in [-0.1, -0.05) is 0 Å². The Bertz CT molecular complexity index is 407. The summed E-state index contributed by atoms with van der Waals surface area (Å²) >= 11 is 0. The highest BCUT2D eigenvalue weighted by Crippen LogP contribution is 2.25. The maximum Gasteiger partial charge on any atom is 0.335 e. The standard InChI is InChI=1S/C12H18N2O3/c1-8(7-17-3)14(2)11-6-9(12(15)16)4-5-10(11)13/h4-6,8H,7,13H2,1-3H3,(H,15,16). The molecule has 0 amide bonds. The van der Waals surface area contributed by atoms with E-state index in [1.165, 1.54) is 6.07 Å². The van der Waals surface area contributed by atoms with E-state index in [-0.39, 0.29) is 11.6 Å². The molecule has 1 aromatic rings. The zero-order valence-electron chi connectivity index (χ0n) is 10.3. The number of ether oxygens (including phenoxy) is 1. The number of hydrogen-bond acceptors (Lipinski definition) is 4. The summed E-state index contributed by atoms with van der Waals surface area (Å²) in [6, 6.07) is 4.79. The molecule has 0 aromatic heterocycles. The van der Waals surface area contributed by atoms with Gasteiger partial charge in [-0.15, -0.1) is 0 Å². The summed E-state index contributed by atoms with van der Waals surface area (Å²) in [5, 5.41) is 8.94. The Balaban J connectivity index is 3.03. The monoisotopic (exact) mass is 238 g/mol. The van der Waals surface area contributed by atoms with Gasteiger partial charge in [0.15, 0.2) is 0 Å². The first-order valence-corrected chi connectivity index (χ1v) is 5.32. The lowest BCUT2D eigenvalue weighted by Gasteiger charge is -2.27. The van der Waals surface area contributed by atoms with Crippen molar-refractivity contribution in [3.05, 3.63) is 23.8 Å². The van der Waals surface area contributed by atoms with Crippen LogP contribution < -0.4 is 10.6 Å². The van der Waals surface area contributed by atoms with Crippen LogP contribution in [-0.4, -0.2) is 37.9 Å². The van der Waals surface area contributed by atoms with E-state index in [1.807, 2.05) is 18.9 Å². The molecule has 0 saturated heterocycles. The molecule has 0 fully saturated rings. The Morgan fingerprint density at radius 1 is 1.59 bits per heavy atom. The number of hydrogen-bond donors (Lipinski definition) is 2. The van der Waals surface area contributed by atoms with E-state index < -0.39 is 5.97 Å². The van der Waals surface area contributed by atoms with Gasteiger partial charge in [-0.3, -0.25) is 0 Å². The molecule has 0 aliphatic rings. The normalized spacial score (nSPS) is 12.2. The molecule has 0 radical (unpaired) electrons. The van der Waals surface area contributed by atoms with Crippen LogP contribution in [0.4, 0.5) is 11.4 Å². The lowest BCUT2D eigenvalue weighted by atomic mass is 10.1. The van der Waals surface area contributed by atoms with Crippen molar-refractivity contribution in [1.82, 2.24) is 0 Å². The summed E-state index contributed by atoms with van der Waals surface area (Å²) in [4.78, 5) is 12.8. The maximum atomic E-state index is 10.9. The molecule has 17 heavy (non-hydrogen) atoms. The molecule has 1 aromatic carbocycles. The van der Waals surface area contributed by atoms with Gasteiger partial charge in [0.05, 0.1) is 23.5 Å². The Kier molecular flexibility index (Phi) is 4.34. The minimum Gasteiger partial charge on any atom is -0.478 e. The second-order valence-electron chi connectivity index (χ2n) is 3.99. The molecule has 5 nitrogen and oxygen atoms in total. The number of carboxylic acid groups (broad SMARTS) is 1. The van der Waals surface area contributed by atoms with Gasteiger partial charge in [0.2, 0.25) is 0 Å². The van der Waals surface area contributed by atoms with Crippen molar-refractivity contribution in [1.29, 1.82) is 0 Å². The largest absolute Gasteiger partial charge is 0.478 e. The third-order valence-electron chi connectivity index (χ3n) is 2.73. The van der Waals surface area contributed by atoms with Gasteiger partial charge in [0, 0.05) is 20.2 Å². The predicted octanol–water partition coefficient (Wildman–Crippen LogP) is 1.44. The number of benzene rings is 1. The maximum absolute atomic E-state index is 10.9. The first-order chi connectivity index (χ1) is 7.97. The Morgan fingerprint density at radius 2 is 2.24 bits per heavy atom. The van der Waals surface area contributed by atoms with E-state index in [2.05, 4.69) is 0 Å². The second-order valence-corrected chi connectivity index (χ2v) is 3.99. The average molecular weight is 238 g/mol. The zero-order chi connectivity index (χ0) is 13.0. The molecule has 94 valence electrons. The number of anilines is 2. The molecular formula is C12H18N2O3. The minimum atomic E-state index is -0.959. The number of aromatic carboxylic acids is 1. The zero-order valence-corrected chi connectivity index (χ0v) is 10.3. The summed E-state index contributed by atoms with van der Waals surface area (Å²) in [7, 11) is 3.49. The van der Waals surface area contributed by atoms with Crippen molar-refractivity contribution in [2.45, 2.75) is 13.0 Å². The smallest absolute Gasteiger partial charge is 0.335 e. The molecule has 0 saturated carbocycles. The first kappa shape index (κ1) is 13.3. The van der Waals surface area contributed by atoms with Crippen LogP contribution >= 0.6 is 0 Å². The number of rotatable bonds is 5. The van der Waals surface area contributed by atoms with Gasteiger partial charge in [0.25, 0.3) is 0 Å². The fourth-order valence-electron chi connectivity index (χ4n) is 1.57. The van der Waals surface area contributed by atoms with Gasteiger partial charge in [0.1, 0.15) is 0 Å². The van der Waals surface area contributed by atoms with E-state index >= 15 is 0 Å². The topological polar surface area (TPSA) is 75.8 Å². The summed E-state index contributed by atoms with van der Waals surface area (Å²) in [5.74, 6) is -0.959. The van der Waals surface area contributed by atoms with Crippen LogP contribution in [0.25, 0.3) is 0 Å². The lowest BCUT2D eigenvalue weighted by Crippen LogP contribution is -2.33. The highest BCUT2D eigenvalue weighted by atomic mass is 16.5. The average Bonchev–Trinajstić information content (AvgIpc) is 2.28. The van der Waals surface area contributed by atoms with Crippen LogP contribution in [0.1, 0.15) is 17.3 Å². The highest BCUT2D eigenvalue weighted by Gasteiger charge is 2.14. The van der Waals surface area contributed by atoms with Crippen LogP contribution in [0.5, 0.6) is 0 Å². The number of nitrogens with zero attached hydrogens (tertiary/aromatic N) is 1. The SMILES string of the molecule is COCC(C)N(C)c1cc(C(=O)O)ccc1N. The van der Waals surface area contributed by atoms with Crippen molar-refractivity contribution < 1.29 is 14.6 Å². The molecular weight excluding hydrogens is 220 g/mol.